The van der Waals surface area contributed by atoms with E-state index in [-0.39, 0.29) is 0 Å². The summed E-state index contributed by atoms with van der Waals surface area (Å²) in [4.78, 5) is 1.66. The summed E-state index contributed by atoms with van der Waals surface area (Å²) in [5.41, 5.74) is -0.508. The highest BCUT2D eigenvalue weighted by atomic mass is 16.5. The Morgan fingerprint density at radius 3 is 2.65 bits per heavy atom. The Hall–Kier alpha value is -0.120. The first-order valence-corrected chi connectivity index (χ1v) is 7.34. The van der Waals surface area contributed by atoms with E-state index in [1.54, 1.807) is 4.90 Å². The number of rotatable bonds is 1. The third-order valence-corrected chi connectivity index (χ3v) is 5.47. The highest BCUT2D eigenvalue weighted by Gasteiger charge is 2.53. The number of hydrogen-bond acceptors (Lipinski definition) is 2. The number of fused-ring (bicyclic) bond motifs is 1. The van der Waals surface area contributed by atoms with Gasteiger partial charge in [-0.25, -0.2) is 0 Å². The van der Waals surface area contributed by atoms with Gasteiger partial charge in [-0.15, -0.1) is 0 Å². The van der Waals surface area contributed by atoms with E-state index in [1.165, 1.54) is 45.2 Å². The van der Waals surface area contributed by atoms with Crippen LogP contribution in [-0.2, 0) is 4.74 Å². The summed E-state index contributed by atoms with van der Waals surface area (Å²) in [7, 11) is 0. The number of quaternary nitrogens is 1. The lowest BCUT2D eigenvalue weighted by Gasteiger charge is -2.47. The lowest BCUT2D eigenvalue weighted by molar-refractivity contribution is -0.939. The minimum atomic E-state index is -0.508. The lowest BCUT2D eigenvalue weighted by Crippen LogP contribution is -3.19. The van der Waals surface area contributed by atoms with E-state index >= 15 is 0 Å². The van der Waals surface area contributed by atoms with Gasteiger partial charge in [0, 0.05) is 18.9 Å². The van der Waals surface area contributed by atoms with E-state index in [1.807, 2.05) is 0 Å². The zero-order valence-corrected chi connectivity index (χ0v) is 11.0. The molecule has 0 spiro atoms. The predicted octanol–water partition coefficient (Wildman–Crippen LogP) is 0.231. The van der Waals surface area contributed by atoms with E-state index in [9.17, 15) is 5.11 Å². The average Bonchev–Trinajstić information content (AvgIpc) is 2.80. The molecule has 2 saturated heterocycles. The molecular weight excluding hydrogens is 214 g/mol. The Balaban J connectivity index is 1.75. The van der Waals surface area contributed by atoms with Crippen molar-refractivity contribution in [3.05, 3.63) is 0 Å². The highest BCUT2D eigenvalue weighted by Crippen LogP contribution is 2.40. The number of piperidine rings is 1. The number of likely N-dealkylation sites (tertiary alicyclic amines) is 1. The minimum absolute atomic E-state index is 0.385. The van der Waals surface area contributed by atoms with Crippen LogP contribution in [0.15, 0.2) is 0 Å². The minimum Gasteiger partial charge on any atom is -0.384 e. The van der Waals surface area contributed by atoms with Gasteiger partial charge < -0.3 is 14.7 Å². The molecule has 0 unspecified atom stereocenters. The van der Waals surface area contributed by atoms with E-state index in [4.69, 9.17) is 4.74 Å². The normalized spacial score (nSPS) is 48.0. The summed E-state index contributed by atoms with van der Waals surface area (Å²) in [5, 5.41) is 11.0. The second-order valence-corrected chi connectivity index (χ2v) is 6.48. The van der Waals surface area contributed by atoms with E-state index in [0.717, 1.165) is 13.2 Å². The summed E-state index contributed by atoms with van der Waals surface area (Å²) in [6.45, 7) is 6.26. The maximum absolute atomic E-state index is 11.0. The molecule has 0 radical (unpaired) electrons. The maximum Gasteiger partial charge on any atom is 0.119 e. The fraction of sp³-hybridized carbons (Fsp3) is 1.00. The van der Waals surface area contributed by atoms with Crippen LogP contribution in [0.25, 0.3) is 0 Å². The largest absolute Gasteiger partial charge is 0.384 e. The molecule has 3 rings (SSSR count). The standard InChI is InChI=1S/C14H25NO2/c1-14(16)12-10-17-9-11(12)5-6-13(14)15-7-3-2-4-8-15/h11-13,16H,2-10H2,1H3/p+1/t11-,12+,13-,14-/m0/s1. The first-order chi connectivity index (χ1) is 8.19. The topological polar surface area (TPSA) is 33.9 Å². The van der Waals surface area contributed by atoms with Gasteiger partial charge in [0.25, 0.3) is 0 Å². The molecule has 2 heterocycles. The maximum atomic E-state index is 11.0. The summed E-state index contributed by atoms with van der Waals surface area (Å²) in [5.74, 6) is 1.00. The van der Waals surface area contributed by atoms with Crippen molar-refractivity contribution in [3.8, 4) is 0 Å². The van der Waals surface area contributed by atoms with Crippen LogP contribution >= 0.6 is 0 Å². The molecule has 2 N–H and O–H groups in total. The first-order valence-electron chi connectivity index (χ1n) is 7.34. The summed E-state index contributed by atoms with van der Waals surface area (Å²) < 4.78 is 5.59. The van der Waals surface area contributed by atoms with Gasteiger partial charge >= 0.3 is 0 Å². The van der Waals surface area contributed by atoms with Crippen LogP contribution in [-0.4, -0.2) is 43.1 Å². The van der Waals surface area contributed by atoms with Crippen molar-refractivity contribution in [3.63, 3.8) is 0 Å². The molecular formula is C14H26NO2+. The molecule has 98 valence electrons. The van der Waals surface area contributed by atoms with Crippen LogP contribution in [0.3, 0.4) is 0 Å². The number of nitrogens with one attached hydrogen (secondary N) is 1. The zero-order chi connectivity index (χ0) is 11.9. The molecule has 0 aromatic heterocycles. The molecule has 1 saturated carbocycles. The van der Waals surface area contributed by atoms with Crippen molar-refractivity contribution in [2.24, 2.45) is 11.8 Å². The molecule has 3 heteroatoms. The van der Waals surface area contributed by atoms with Gasteiger partial charge in [0.15, 0.2) is 0 Å². The van der Waals surface area contributed by atoms with Crippen molar-refractivity contribution >= 4 is 0 Å². The Kier molecular flexibility index (Phi) is 3.18. The number of hydrogen-bond donors (Lipinski definition) is 2. The first kappa shape index (κ1) is 11.9. The highest BCUT2D eigenvalue weighted by molar-refractivity contribution is 4.99. The van der Waals surface area contributed by atoms with Crippen LogP contribution in [0.2, 0.25) is 0 Å². The molecule has 3 aliphatic rings. The Morgan fingerprint density at radius 1 is 1.12 bits per heavy atom. The van der Waals surface area contributed by atoms with Crippen molar-refractivity contribution in [1.82, 2.24) is 0 Å². The van der Waals surface area contributed by atoms with Crippen molar-refractivity contribution in [2.75, 3.05) is 26.3 Å². The fourth-order valence-corrected chi connectivity index (χ4v) is 4.43. The van der Waals surface area contributed by atoms with E-state index < -0.39 is 5.60 Å². The van der Waals surface area contributed by atoms with Crippen molar-refractivity contribution in [1.29, 1.82) is 0 Å². The Labute approximate surface area is 104 Å². The van der Waals surface area contributed by atoms with Gasteiger partial charge in [-0.2, -0.15) is 0 Å². The van der Waals surface area contributed by atoms with Gasteiger partial charge in [0.1, 0.15) is 11.6 Å². The predicted molar refractivity (Wildman–Crippen MR) is 66.0 cm³/mol. The van der Waals surface area contributed by atoms with Gasteiger partial charge in [0.05, 0.1) is 19.7 Å². The van der Waals surface area contributed by atoms with Gasteiger partial charge in [-0.3, -0.25) is 0 Å². The number of ether oxygens (including phenoxy) is 1. The molecule has 4 atom stereocenters. The monoisotopic (exact) mass is 240 g/mol. The smallest absolute Gasteiger partial charge is 0.119 e. The SMILES string of the molecule is C[C@]1(O)[C@@H]2COC[C@@H]2CC[C@@H]1[NH+]1CCCCC1. The second-order valence-electron chi connectivity index (χ2n) is 6.48. The van der Waals surface area contributed by atoms with Crippen molar-refractivity contribution in [2.45, 2.75) is 50.7 Å². The van der Waals surface area contributed by atoms with Crippen LogP contribution < -0.4 is 4.90 Å². The Bertz CT molecular complexity index is 273. The zero-order valence-electron chi connectivity index (χ0n) is 11.0. The van der Waals surface area contributed by atoms with Crippen LogP contribution in [0.4, 0.5) is 0 Å². The molecule has 0 aromatic carbocycles. The molecule has 0 amide bonds. The van der Waals surface area contributed by atoms with E-state index in [2.05, 4.69) is 6.92 Å². The van der Waals surface area contributed by atoms with Gasteiger partial charge in [0.2, 0.25) is 0 Å². The third-order valence-electron chi connectivity index (χ3n) is 5.47. The molecule has 3 nitrogen and oxygen atoms in total. The lowest BCUT2D eigenvalue weighted by atomic mass is 9.68. The summed E-state index contributed by atoms with van der Waals surface area (Å²) >= 11 is 0. The second kappa shape index (κ2) is 4.52. The molecule has 0 bridgehead atoms. The quantitative estimate of drug-likeness (QED) is 0.688. The summed E-state index contributed by atoms with van der Waals surface area (Å²) in [6, 6.07) is 0.450. The molecule has 3 fully saturated rings. The van der Waals surface area contributed by atoms with Crippen LogP contribution in [0.5, 0.6) is 0 Å². The van der Waals surface area contributed by atoms with E-state index in [0.29, 0.717) is 17.9 Å². The van der Waals surface area contributed by atoms with Gasteiger partial charge in [-0.05, 0) is 38.5 Å². The molecule has 0 aromatic rings. The molecule has 2 aliphatic heterocycles. The fourth-order valence-electron chi connectivity index (χ4n) is 4.43. The molecule has 1 aliphatic carbocycles. The summed E-state index contributed by atoms with van der Waals surface area (Å²) in [6.07, 6.45) is 6.51. The molecule has 17 heavy (non-hydrogen) atoms. The Morgan fingerprint density at radius 2 is 1.88 bits per heavy atom. The average molecular weight is 240 g/mol. The van der Waals surface area contributed by atoms with Crippen LogP contribution in [0.1, 0.15) is 39.0 Å². The van der Waals surface area contributed by atoms with Crippen LogP contribution in [0, 0.1) is 11.8 Å². The van der Waals surface area contributed by atoms with Crippen molar-refractivity contribution < 1.29 is 14.7 Å². The number of aliphatic hydroxyl groups is 1. The van der Waals surface area contributed by atoms with Gasteiger partial charge in [-0.1, -0.05) is 0 Å². The third kappa shape index (κ3) is 2.02.